The highest BCUT2D eigenvalue weighted by molar-refractivity contribution is 8.13. The van der Waals surface area contributed by atoms with Crippen LogP contribution in [0.1, 0.15) is 23.2 Å². The maximum atomic E-state index is 12.5. The Morgan fingerprint density at radius 2 is 1.79 bits per heavy atom. The summed E-state index contributed by atoms with van der Waals surface area (Å²) in [5.41, 5.74) is 1.23. The number of benzene rings is 1. The van der Waals surface area contributed by atoms with Gasteiger partial charge in [0.2, 0.25) is 5.91 Å². The average molecular weight is 401 g/mol. The highest BCUT2D eigenvalue weighted by Gasteiger charge is 2.28. The minimum atomic E-state index is -0.127. The van der Waals surface area contributed by atoms with Crippen molar-refractivity contribution in [3.63, 3.8) is 0 Å². The topological polar surface area (TPSA) is 82.9 Å². The van der Waals surface area contributed by atoms with E-state index in [-0.39, 0.29) is 23.0 Å². The SMILES string of the molecule is CN(C)C(=O)Sc1ccc(NC(=O)C2CCN(C(=O)c3ccoc3)CC2)cc1. The van der Waals surface area contributed by atoms with E-state index < -0.39 is 0 Å². The zero-order chi connectivity index (χ0) is 20.1. The zero-order valence-corrected chi connectivity index (χ0v) is 16.7. The number of hydrogen-bond donors (Lipinski definition) is 1. The molecule has 0 saturated carbocycles. The number of carbonyl (C=O) groups is 3. The van der Waals surface area contributed by atoms with Gasteiger partial charge in [0.15, 0.2) is 0 Å². The molecule has 2 aromatic rings. The molecule has 3 rings (SSSR count). The van der Waals surface area contributed by atoms with Crippen LogP contribution in [0.2, 0.25) is 0 Å². The molecular weight excluding hydrogens is 378 g/mol. The first-order chi connectivity index (χ1) is 13.4. The molecule has 0 bridgehead atoms. The van der Waals surface area contributed by atoms with Crippen molar-refractivity contribution >= 4 is 34.5 Å². The second kappa shape index (κ2) is 8.97. The molecule has 0 unspecified atom stereocenters. The summed E-state index contributed by atoms with van der Waals surface area (Å²) in [6, 6.07) is 8.86. The van der Waals surface area contributed by atoms with Crippen LogP contribution in [-0.4, -0.2) is 54.0 Å². The first kappa shape index (κ1) is 20.0. The van der Waals surface area contributed by atoms with Crippen LogP contribution < -0.4 is 5.32 Å². The minimum Gasteiger partial charge on any atom is -0.472 e. The van der Waals surface area contributed by atoms with Crippen molar-refractivity contribution < 1.29 is 18.8 Å². The van der Waals surface area contributed by atoms with E-state index in [0.29, 0.717) is 37.2 Å². The van der Waals surface area contributed by atoms with Gasteiger partial charge >= 0.3 is 0 Å². The van der Waals surface area contributed by atoms with Crippen LogP contribution in [0.25, 0.3) is 0 Å². The van der Waals surface area contributed by atoms with Crippen LogP contribution >= 0.6 is 11.8 Å². The summed E-state index contributed by atoms with van der Waals surface area (Å²) in [6.07, 6.45) is 4.17. The number of carbonyl (C=O) groups excluding carboxylic acids is 3. The third kappa shape index (κ3) is 4.95. The third-order valence-corrected chi connectivity index (χ3v) is 5.66. The molecule has 1 aromatic heterocycles. The predicted octanol–water partition coefficient (Wildman–Crippen LogP) is 3.54. The number of furan rings is 1. The molecule has 1 aliphatic rings. The van der Waals surface area contributed by atoms with E-state index in [2.05, 4.69) is 5.32 Å². The summed E-state index contributed by atoms with van der Waals surface area (Å²) in [6.45, 7) is 1.09. The van der Waals surface area contributed by atoms with Crippen LogP contribution in [0.5, 0.6) is 0 Å². The van der Waals surface area contributed by atoms with Gasteiger partial charge in [-0.25, -0.2) is 0 Å². The van der Waals surface area contributed by atoms with E-state index >= 15 is 0 Å². The third-order valence-electron chi connectivity index (χ3n) is 4.61. The molecule has 0 aliphatic carbocycles. The molecule has 2 heterocycles. The summed E-state index contributed by atoms with van der Waals surface area (Å²) in [5.74, 6) is -0.231. The van der Waals surface area contributed by atoms with Crippen molar-refractivity contribution in [3.8, 4) is 0 Å². The van der Waals surface area contributed by atoms with Crippen molar-refractivity contribution in [2.24, 2.45) is 5.92 Å². The lowest BCUT2D eigenvalue weighted by atomic mass is 9.95. The molecule has 7 nitrogen and oxygen atoms in total. The fraction of sp³-hybridized carbons (Fsp3) is 0.350. The Morgan fingerprint density at radius 1 is 1.11 bits per heavy atom. The van der Waals surface area contributed by atoms with Crippen molar-refractivity contribution in [1.29, 1.82) is 0 Å². The molecule has 1 saturated heterocycles. The Hall–Kier alpha value is -2.74. The van der Waals surface area contributed by atoms with E-state index in [4.69, 9.17) is 4.42 Å². The molecule has 148 valence electrons. The smallest absolute Gasteiger partial charge is 0.285 e. The lowest BCUT2D eigenvalue weighted by Crippen LogP contribution is -2.41. The standard InChI is InChI=1S/C20H23N3O4S/c1-22(2)20(26)28-17-5-3-16(4-6-17)21-18(24)14-7-10-23(11-8-14)19(25)15-9-12-27-13-15/h3-6,9,12-14H,7-8,10-11H2,1-2H3,(H,21,24). The molecular formula is C20H23N3O4S. The fourth-order valence-corrected chi connectivity index (χ4v) is 3.61. The molecule has 1 aliphatic heterocycles. The normalized spacial score (nSPS) is 14.6. The van der Waals surface area contributed by atoms with E-state index in [1.807, 2.05) is 12.1 Å². The van der Waals surface area contributed by atoms with Gasteiger partial charge in [-0.15, -0.1) is 0 Å². The summed E-state index contributed by atoms with van der Waals surface area (Å²) < 4.78 is 4.96. The minimum absolute atomic E-state index is 0.0415. The summed E-state index contributed by atoms with van der Waals surface area (Å²) >= 11 is 1.14. The van der Waals surface area contributed by atoms with Crippen LogP contribution in [0.4, 0.5) is 10.5 Å². The molecule has 0 radical (unpaired) electrons. The Balaban J connectivity index is 1.49. The van der Waals surface area contributed by atoms with Gasteiger partial charge in [-0.3, -0.25) is 14.4 Å². The number of anilines is 1. The maximum Gasteiger partial charge on any atom is 0.285 e. The molecule has 1 N–H and O–H groups in total. The van der Waals surface area contributed by atoms with Crippen molar-refractivity contribution in [2.75, 3.05) is 32.5 Å². The van der Waals surface area contributed by atoms with Gasteiger partial charge in [-0.2, -0.15) is 0 Å². The number of nitrogens with zero attached hydrogens (tertiary/aromatic N) is 2. The summed E-state index contributed by atoms with van der Waals surface area (Å²) in [7, 11) is 3.41. The summed E-state index contributed by atoms with van der Waals surface area (Å²) in [5, 5.41) is 2.88. The number of amides is 3. The van der Waals surface area contributed by atoms with E-state index in [1.165, 1.54) is 17.4 Å². The lowest BCUT2D eigenvalue weighted by Gasteiger charge is -2.31. The number of rotatable bonds is 4. The van der Waals surface area contributed by atoms with Crippen molar-refractivity contribution in [3.05, 3.63) is 48.4 Å². The van der Waals surface area contributed by atoms with Gasteiger partial charge in [0, 0.05) is 43.7 Å². The number of hydrogen-bond acceptors (Lipinski definition) is 5. The quantitative estimate of drug-likeness (QED) is 0.793. The molecule has 1 fully saturated rings. The highest BCUT2D eigenvalue weighted by atomic mass is 32.2. The maximum absolute atomic E-state index is 12.5. The molecule has 0 atom stereocenters. The van der Waals surface area contributed by atoms with Gasteiger partial charge in [0.25, 0.3) is 11.1 Å². The van der Waals surface area contributed by atoms with E-state index in [1.54, 1.807) is 37.2 Å². The average Bonchev–Trinajstić information content (AvgIpc) is 3.23. The monoisotopic (exact) mass is 401 g/mol. The van der Waals surface area contributed by atoms with E-state index in [9.17, 15) is 14.4 Å². The molecule has 1 aromatic carbocycles. The predicted molar refractivity (Wildman–Crippen MR) is 107 cm³/mol. The molecule has 28 heavy (non-hydrogen) atoms. The van der Waals surface area contributed by atoms with Gasteiger partial charge in [0.1, 0.15) is 6.26 Å². The largest absolute Gasteiger partial charge is 0.472 e. The van der Waals surface area contributed by atoms with Crippen molar-refractivity contribution in [1.82, 2.24) is 9.80 Å². The lowest BCUT2D eigenvalue weighted by molar-refractivity contribution is -0.121. The number of piperidine rings is 1. The molecule has 0 spiro atoms. The van der Waals surface area contributed by atoms with Gasteiger partial charge in [-0.05, 0) is 54.9 Å². The van der Waals surface area contributed by atoms with Crippen molar-refractivity contribution in [2.45, 2.75) is 17.7 Å². The second-order valence-electron chi connectivity index (χ2n) is 6.85. The van der Waals surface area contributed by atoms with E-state index in [0.717, 1.165) is 16.7 Å². The Bertz CT molecular complexity index is 826. The molecule has 3 amide bonds. The highest BCUT2D eigenvalue weighted by Crippen LogP contribution is 2.24. The Kier molecular flexibility index (Phi) is 6.41. The Labute approximate surface area is 168 Å². The van der Waals surface area contributed by atoms with Gasteiger partial charge < -0.3 is 19.5 Å². The second-order valence-corrected chi connectivity index (χ2v) is 7.88. The van der Waals surface area contributed by atoms with Gasteiger partial charge in [-0.1, -0.05) is 0 Å². The molecule has 8 heteroatoms. The van der Waals surface area contributed by atoms with Crippen LogP contribution in [-0.2, 0) is 4.79 Å². The first-order valence-corrected chi connectivity index (χ1v) is 9.87. The summed E-state index contributed by atoms with van der Waals surface area (Å²) in [4.78, 5) is 40.7. The number of nitrogens with one attached hydrogen (secondary N) is 1. The van der Waals surface area contributed by atoms with Crippen LogP contribution in [0.3, 0.4) is 0 Å². The Morgan fingerprint density at radius 3 is 2.36 bits per heavy atom. The number of likely N-dealkylation sites (tertiary alicyclic amines) is 1. The fourth-order valence-electron chi connectivity index (χ4n) is 2.96. The first-order valence-electron chi connectivity index (χ1n) is 9.05. The number of thioether (sulfide) groups is 1. The van der Waals surface area contributed by atoms with Gasteiger partial charge in [0.05, 0.1) is 11.8 Å². The van der Waals surface area contributed by atoms with Crippen LogP contribution in [0, 0.1) is 5.92 Å². The zero-order valence-electron chi connectivity index (χ0n) is 15.9. The van der Waals surface area contributed by atoms with Crippen LogP contribution in [0.15, 0.2) is 52.2 Å².